The van der Waals surface area contributed by atoms with Crippen molar-refractivity contribution in [3.63, 3.8) is 0 Å². The van der Waals surface area contributed by atoms with E-state index in [1.807, 2.05) is 11.3 Å². The van der Waals surface area contributed by atoms with E-state index in [2.05, 4.69) is 40.0 Å². The van der Waals surface area contributed by atoms with E-state index in [0.29, 0.717) is 6.04 Å². The molecule has 1 saturated carbocycles. The lowest BCUT2D eigenvalue weighted by Gasteiger charge is -2.36. The monoisotopic (exact) mass is 432 g/mol. The van der Waals surface area contributed by atoms with Crippen molar-refractivity contribution in [1.29, 1.82) is 0 Å². The zero-order chi connectivity index (χ0) is 20.7. The van der Waals surface area contributed by atoms with Gasteiger partial charge in [-0.3, -0.25) is 4.99 Å². The molecule has 30 heavy (non-hydrogen) atoms. The smallest absolute Gasteiger partial charge is 0.191 e. The maximum atomic E-state index is 5.55. The van der Waals surface area contributed by atoms with E-state index >= 15 is 0 Å². The Morgan fingerprint density at radius 2 is 2.07 bits per heavy atom. The maximum absolute atomic E-state index is 5.55. The van der Waals surface area contributed by atoms with Gasteiger partial charge in [-0.1, -0.05) is 25.3 Å². The summed E-state index contributed by atoms with van der Waals surface area (Å²) in [5.74, 6) is 1.76. The van der Waals surface area contributed by atoms with Gasteiger partial charge < -0.3 is 20.3 Å². The zero-order valence-corrected chi connectivity index (χ0v) is 19.5. The molecule has 3 heterocycles. The minimum Gasteiger partial charge on any atom is -0.381 e. The van der Waals surface area contributed by atoms with Gasteiger partial charge in [-0.15, -0.1) is 11.3 Å². The van der Waals surface area contributed by atoms with E-state index in [9.17, 15) is 0 Å². The van der Waals surface area contributed by atoms with Gasteiger partial charge in [-0.05, 0) is 56.4 Å². The van der Waals surface area contributed by atoms with Crippen LogP contribution < -0.4 is 10.6 Å². The summed E-state index contributed by atoms with van der Waals surface area (Å²) in [6, 6.07) is 5.06. The average Bonchev–Trinajstić information content (AvgIpc) is 3.49. The van der Waals surface area contributed by atoms with Gasteiger partial charge in [-0.25, -0.2) is 0 Å². The Labute approximate surface area is 186 Å². The molecule has 1 atom stereocenters. The van der Waals surface area contributed by atoms with Gasteiger partial charge in [0.15, 0.2) is 5.96 Å². The largest absolute Gasteiger partial charge is 0.381 e. The standard InChI is InChI=1S/C24H40N4OS/c1-2-25-23(26-19-24(11-4-3-5-12-24)22-7-6-16-30-22)27-21-8-13-28(14-9-21)17-20-10-15-29-18-20/h6-7,16,20-21H,2-5,8-15,17-19H2,1H3,(H2,25,26,27). The fraction of sp³-hybridized carbons (Fsp3) is 0.792. The lowest BCUT2D eigenvalue weighted by molar-refractivity contribution is 0.150. The van der Waals surface area contributed by atoms with Crippen LogP contribution in [0.2, 0.25) is 0 Å². The number of hydrogen-bond donors (Lipinski definition) is 2. The first kappa shape index (κ1) is 22.1. The molecule has 0 amide bonds. The molecule has 4 rings (SSSR count). The Bertz CT molecular complexity index is 642. The summed E-state index contributed by atoms with van der Waals surface area (Å²) in [6.45, 7) is 9.49. The number of nitrogens with one attached hydrogen (secondary N) is 2. The summed E-state index contributed by atoms with van der Waals surface area (Å²) in [7, 11) is 0. The number of guanidine groups is 1. The van der Waals surface area contributed by atoms with Crippen LogP contribution in [0.25, 0.3) is 0 Å². The molecule has 5 nitrogen and oxygen atoms in total. The Balaban J connectivity index is 1.32. The highest BCUT2D eigenvalue weighted by molar-refractivity contribution is 7.10. The molecular weight excluding hydrogens is 392 g/mol. The van der Waals surface area contributed by atoms with E-state index in [4.69, 9.17) is 9.73 Å². The second kappa shape index (κ2) is 11.0. The van der Waals surface area contributed by atoms with Crippen molar-refractivity contribution in [3.8, 4) is 0 Å². The molecular formula is C24H40N4OS. The summed E-state index contributed by atoms with van der Waals surface area (Å²) < 4.78 is 5.55. The molecule has 1 aromatic rings. The predicted octanol–water partition coefficient (Wildman–Crippen LogP) is 4.01. The molecule has 1 unspecified atom stereocenters. The van der Waals surface area contributed by atoms with Gasteiger partial charge in [0.25, 0.3) is 0 Å². The van der Waals surface area contributed by atoms with Crippen LogP contribution in [0.3, 0.4) is 0 Å². The fourth-order valence-electron chi connectivity index (χ4n) is 5.39. The lowest BCUT2D eigenvalue weighted by Crippen LogP contribution is -2.49. The van der Waals surface area contributed by atoms with Gasteiger partial charge in [0, 0.05) is 49.1 Å². The summed E-state index contributed by atoms with van der Waals surface area (Å²) in [5, 5.41) is 9.50. The van der Waals surface area contributed by atoms with E-state index in [1.54, 1.807) is 0 Å². The van der Waals surface area contributed by atoms with Crippen LogP contribution in [0.1, 0.15) is 63.2 Å². The first-order valence-electron chi connectivity index (χ1n) is 12.2. The highest BCUT2D eigenvalue weighted by atomic mass is 32.1. The molecule has 2 aliphatic heterocycles. The first-order valence-corrected chi connectivity index (χ1v) is 13.0. The number of hydrogen-bond acceptors (Lipinski definition) is 4. The predicted molar refractivity (Wildman–Crippen MR) is 127 cm³/mol. The maximum Gasteiger partial charge on any atom is 0.191 e. The number of ether oxygens (including phenoxy) is 1. The van der Waals surface area contributed by atoms with E-state index in [0.717, 1.165) is 38.2 Å². The molecule has 6 heteroatoms. The van der Waals surface area contributed by atoms with Crippen LogP contribution in [-0.2, 0) is 10.2 Å². The SMILES string of the molecule is CCNC(=NCC1(c2cccs2)CCCCC1)NC1CCN(CC2CCOC2)CC1. The van der Waals surface area contributed by atoms with Gasteiger partial charge in [0.05, 0.1) is 13.2 Å². The number of aliphatic imine (C=N–C) groups is 1. The van der Waals surface area contributed by atoms with Crippen LogP contribution in [-0.4, -0.2) is 62.8 Å². The second-order valence-corrected chi connectivity index (χ2v) is 10.4. The van der Waals surface area contributed by atoms with Crippen LogP contribution >= 0.6 is 11.3 Å². The van der Waals surface area contributed by atoms with Gasteiger partial charge in [0.2, 0.25) is 0 Å². The number of thiophene rings is 1. The van der Waals surface area contributed by atoms with E-state index in [-0.39, 0.29) is 5.41 Å². The number of rotatable bonds is 7. The highest BCUT2D eigenvalue weighted by Gasteiger charge is 2.35. The number of likely N-dealkylation sites (tertiary alicyclic amines) is 1. The van der Waals surface area contributed by atoms with Gasteiger partial charge in [0.1, 0.15) is 0 Å². The summed E-state index contributed by atoms with van der Waals surface area (Å²) in [5.41, 5.74) is 0.251. The highest BCUT2D eigenvalue weighted by Crippen LogP contribution is 2.41. The second-order valence-electron chi connectivity index (χ2n) is 9.46. The van der Waals surface area contributed by atoms with Crippen molar-refractivity contribution in [2.75, 3.05) is 45.9 Å². The molecule has 2 saturated heterocycles. The van der Waals surface area contributed by atoms with Crippen LogP contribution in [0, 0.1) is 5.92 Å². The quantitative estimate of drug-likeness (QED) is 0.505. The third kappa shape index (κ3) is 5.77. The van der Waals surface area contributed by atoms with Crippen LogP contribution in [0.4, 0.5) is 0 Å². The third-order valence-corrected chi connectivity index (χ3v) is 8.32. The molecule has 0 spiro atoms. The average molecular weight is 433 g/mol. The Morgan fingerprint density at radius 3 is 2.73 bits per heavy atom. The normalized spacial score (nSPS) is 26.0. The zero-order valence-electron chi connectivity index (χ0n) is 18.7. The van der Waals surface area contributed by atoms with E-state index < -0.39 is 0 Å². The topological polar surface area (TPSA) is 48.9 Å². The van der Waals surface area contributed by atoms with Crippen LogP contribution in [0.15, 0.2) is 22.5 Å². The molecule has 0 radical (unpaired) electrons. The third-order valence-electron chi connectivity index (χ3n) is 7.21. The van der Waals surface area contributed by atoms with Crippen molar-refractivity contribution >= 4 is 17.3 Å². The Morgan fingerprint density at radius 1 is 1.23 bits per heavy atom. The summed E-state index contributed by atoms with van der Waals surface area (Å²) in [4.78, 5) is 9.30. The molecule has 168 valence electrons. The lowest BCUT2D eigenvalue weighted by atomic mass is 9.73. The summed E-state index contributed by atoms with van der Waals surface area (Å²) >= 11 is 1.92. The van der Waals surface area contributed by atoms with Crippen molar-refractivity contribution in [2.45, 2.75) is 69.7 Å². The Hall–Kier alpha value is -1.11. The molecule has 3 aliphatic rings. The molecule has 0 bridgehead atoms. The van der Waals surface area contributed by atoms with Gasteiger partial charge >= 0.3 is 0 Å². The Kier molecular flexibility index (Phi) is 8.07. The van der Waals surface area contributed by atoms with Crippen LogP contribution in [0.5, 0.6) is 0 Å². The first-order chi connectivity index (χ1) is 14.8. The van der Waals surface area contributed by atoms with Crippen molar-refractivity contribution in [1.82, 2.24) is 15.5 Å². The molecule has 1 aromatic heterocycles. The number of piperidine rings is 1. The molecule has 1 aliphatic carbocycles. The van der Waals surface area contributed by atoms with Crippen molar-refractivity contribution < 1.29 is 4.74 Å². The van der Waals surface area contributed by atoms with Gasteiger partial charge in [-0.2, -0.15) is 0 Å². The van der Waals surface area contributed by atoms with Crippen molar-refractivity contribution in [3.05, 3.63) is 22.4 Å². The molecule has 3 fully saturated rings. The molecule has 2 N–H and O–H groups in total. The minimum absolute atomic E-state index is 0.251. The summed E-state index contributed by atoms with van der Waals surface area (Å²) in [6.07, 6.45) is 10.2. The fourth-order valence-corrected chi connectivity index (χ4v) is 6.37. The van der Waals surface area contributed by atoms with Crippen molar-refractivity contribution in [2.24, 2.45) is 10.9 Å². The number of nitrogens with zero attached hydrogens (tertiary/aromatic N) is 2. The minimum atomic E-state index is 0.251. The molecule has 0 aromatic carbocycles. The van der Waals surface area contributed by atoms with E-state index in [1.165, 1.54) is 75.9 Å².